The van der Waals surface area contributed by atoms with Crippen LogP contribution in [0.15, 0.2) is 29.6 Å². The predicted octanol–water partition coefficient (Wildman–Crippen LogP) is 2.49. The normalized spacial score (nSPS) is 15.1. The highest BCUT2D eigenvalue weighted by atomic mass is 32.2. The van der Waals surface area contributed by atoms with Crippen molar-refractivity contribution >= 4 is 17.7 Å². The molecule has 0 bridgehead atoms. The molecule has 2 aromatic heterocycles. The molecule has 0 saturated carbocycles. The second-order valence-corrected chi connectivity index (χ2v) is 7.61. The third kappa shape index (κ3) is 5.26. The number of aryl methyl sites for hydroxylation is 2. The number of nitrogens with zero attached hydrogens (tertiary/aromatic N) is 5. The van der Waals surface area contributed by atoms with Crippen molar-refractivity contribution in [3.8, 4) is 0 Å². The summed E-state index contributed by atoms with van der Waals surface area (Å²) in [6.07, 6.45) is 5.03. The maximum Gasteiger partial charge on any atom is 0.222 e. The minimum atomic E-state index is 0.222. The number of aromatic nitrogens is 3. The lowest BCUT2D eigenvalue weighted by atomic mass is 10.1. The van der Waals surface area contributed by atoms with Gasteiger partial charge in [0.1, 0.15) is 0 Å². The first-order valence-electron chi connectivity index (χ1n) is 9.35. The summed E-state index contributed by atoms with van der Waals surface area (Å²) in [6, 6.07) is 6.00. The van der Waals surface area contributed by atoms with Gasteiger partial charge < -0.3 is 4.90 Å². The average Bonchev–Trinajstić information content (AvgIpc) is 2.68. The van der Waals surface area contributed by atoms with E-state index in [0.717, 1.165) is 60.5 Å². The fourth-order valence-electron chi connectivity index (χ4n) is 3.43. The third-order valence-corrected chi connectivity index (χ3v) is 5.56. The molecule has 0 N–H and O–H groups in total. The minimum absolute atomic E-state index is 0.222. The summed E-state index contributed by atoms with van der Waals surface area (Å²) >= 11 is 1.55. The lowest BCUT2D eigenvalue weighted by molar-refractivity contribution is -0.133. The number of carbonyl (C=O) groups excluding carboxylic acids is 1. The van der Waals surface area contributed by atoms with Gasteiger partial charge in [-0.25, -0.2) is 9.97 Å². The molecule has 0 spiro atoms. The Morgan fingerprint density at radius 2 is 1.81 bits per heavy atom. The van der Waals surface area contributed by atoms with Crippen LogP contribution >= 0.6 is 11.8 Å². The maximum absolute atomic E-state index is 12.6. The van der Waals surface area contributed by atoms with Crippen LogP contribution in [0.4, 0.5) is 0 Å². The fraction of sp³-hybridized carbons (Fsp3) is 0.500. The Kier molecular flexibility index (Phi) is 6.79. The number of carbonyl (C=O) groups is 1. The smallest absolute Gasteiger partial charge is 0.222 e. The van der Waals surface area contributed by atoms with E-state index in [2.05, 4.69) is 19.9 Å². The van der Waals surface area contributed by atoms with Gasteiger partial charge in [0, 0.05) is 56.7 Å². The van der Waals surface area contributed by atoms with Gasteiger partial charge in [0.2, 0.25) is 5.91 Å². The van der Waals surface area contributed by atoms with Crippen molar-refractivity contribution in [3.63, 3.8) is 0 Å². The highest BCUT2D eigenvalue weighted by Crippen LogP contribution is 2.18. The van der Waals surface area contributed by atoms with Crippen molar-refractivity contribution in [2.75, 3.05) is 32.4 Å². The van der Waals surface area contributed by atoms with E-state index in [1.54, 1.807) is 11.8 Å². The molecule has 2 aromatic rings. The standard InChI is InChI=1S/C20H27N5OS/c1-15-18(16(2)23-20(22-15)27-3)7-8-19(26)25-12-10-24(11-13-25)14-17-6-4-5-9-21-17/h4-6,9H,7-8,10-14H2,1-3H3. The van der Waals surface area contributed by atoms with Crippen LogP contribution in [-0.2, 0) is 17.8 Å². The van der Waals surface area contributed by atoms with Gasteiger partial charge in [-0.15, -0.1) is 0 Å². The number of piperazine rings is 1. The number of hydrogen-bond donors (Lipinski definition) is 0. The zero-order valence-electron chi connectivity index (χ0n) is 16.3. The van der Waals surface area contributed by atoms with E-state index in [-0.39, 0.29) is 5.91 Å². The lowest BCUT2D eigenvalue weighted by Crippen LogP contribution is -2.48. The van der Waals surface area contributed by atoms with Crippen LogP contribution in [0.2, 0.25) is 0 Å². The van der Waals surface area contributed by atoms with Crippen LogP contribution in [0, 0.1) is 13.8 Å². The van der Waals surface area contributed by atoms with Crippen molar-refractivity contribution in [2.24, 2.45) is 0 Å². The molecule has 7 heteroatoms. The van der Waals surface area contributed by atoms with Crippen LogP contribution in [0.3, 0.4) is 0 Å². The molecule has 1 saturated heterocycles. The van der Waals surface area contributed by atoms with Crippen molar-refractivity contribution < 1.29 is 4.79 Å². The van der Waals surface area contributed by atoms with Crippen LogP contribution in [-0.4, -0.2) is 63.1 Å². The molecule has 0 atom stereocenters. The minimum Gasteiger partial charge on any atom is -0.340 e. The monoisotopic (exact) mass is 385 g/mol. The van der Waals surface area contributed by atoms with Crippen molar-refractivity contribution in [1.29, 1.82) is 0 Å². The Morgan fingerprint density at radius 3 is 2.41 bits per heavy atom. The first-order chi connectivity index (χ1) is 13.1. The molecule has 1 fully saturated rings. The van der Waals surface area contributed by atoms with Gasteiger partial charge >= 0.3 is 0 Å². The van der Waals surface area contributed by atoms with E-state index >= 15 is 0 Å². The van der Waals surface area contributed by atoms with Gasteiger partial charge in [0.15, 0.2) is 5.16 Å². The molecule has 0 unspecified atom stereocenters. The van der Waals surface area contributed by atoms with E-state index < -0.39 is 0 Å². The number of amides is 1. The first kappa shape index (κ1) is 19.8. The molecular formula is C20H27N5OS. The topological polar surface area (TPSA) is 62.2 Å². The molecule has 3 heterocycles. The lowest BCUT2D eigenvalue weighted by Gasteiger charge is -2.34. The van der Waals surface area contributed by atoms with Gasteiger partial charge in [0.25, 0.3) is 0 Å². The summed E-state index contributed by atoms with van der Waals surface area (Å²) in [5.74, 6) is 0.222. The first-order valence-corrected chi connectivity index (χ1v) is 10.6. The SMILES string of the molecule is CSc1nc(C)c(CCC(=O)N2CCN(Cc3ccccn3)CC2)c(C)n1. The number of thioether (sulfide) groups is 1. The quantitative estimate of drug-likeness (QED) is 0.562. The second-order valence-electron chi connectivity index (χ2n) is 6.84. The summed E-state index contributed by atoms with van der Waals surface area (Å²) in [7, 11) is 0. The van der Waals surface area contributed by atoms with Gasteiger partial charge in [-0.3, -0.25) is 14.7 Å². The fourth-order valence-corrected chi connectivity index (χ4v) is 3.88. The Morgan fingerprint density at radius 1 is 1.11 bits per heavy atom. The molecule has 0 aromatic carbocycles. The highest BCUT2D eigenvalue weighted by molar-refractivity contribution is 7.98. The Hall–Kier alpha value is -1.99. The number of rotatable bonds is 6. The average molecular weight is 386 g/mol. The molecule has 0 aliphatic carbocycles. The largest absolute Gasteiger partial charge is 0.340 e. The highest BCUT2D eigenvalue weighted by Gasteiger charge is 2.21. The van der Waals surface area contributed by atoms with E-state index in [9.17, 15) is 4.79 Å². The molecule has 144 valence electrons. The van der Waals surface area contributed by atoms with Crippen LogP contribution in [0.1, 0.15) is 29.1 Å². The molecular weight excluding hydrogens is 358 g/mol. The van der Waals surface area contributed by atoms with Crippen molar-refractivity contribution in [3.05, 3.63) is 47.0 Å². The second kappa shape index (κ2) is 9.28. The van der Waals surface area contributed by atoms with Crippen molar-refractivity contribution in [2.45, 2.75) is 38.4 Å². The molecule has 1 aliphatic heterocycles. The van der Waals surface area contributed by atoms with Crippen LogP contribution in [0.25, 0.3) is 0 Å². The van der Waals surface area contributed by atoms with E-state index in [1.807, 2.05) is 49.4 Å². The predicted molar refractivity (Wildman–Crippen MR) is 108 cm³/mol. The summed E-state index contributed by atoms with van der Waals surface area (Å²) < 4.78 is 0. The molecule has 3 rings (SSSR count). The summed E-state index contributed by atoms with van der Waals surface area (Å²) in [5, 5.41) is 0.795. The third-order valence-electron chi connectivity index (χ3n) is 5.01. The molecule has 1 aliphatic rings. The molecule has 1 amide bonds. The van der Waals surface area contributed by atoms with Gasteiger partial charge in [-0.05, 0) is 44.2 Å². The molecule has 6 nitrogen and oxygen atoms in total. The molecule has 27 heavy (non-hydrogen) atoms. The van der Waals surface area contributed by atoms with Gasteiger partial charge in [-0.1, -0.05) is 17.8 Å². The zero-order valence-corrected chi connectivity index (χ0v) is 17.1. The van der Waals surface area contributed by atoms with Crippen molar-refractivity contribution in [1.82, 2.24) is 24.8 Å². The molecule has 0 radical (unpaired) electrons. The summed E-state index contributed by atoms with van der Waals surface area (Å²) in [6.45, 7) is 8.21. The van der Waals surface area contributed by atoms with E-state index in [4.69, 9.17) is 0 Å². The number of hydrogen-bond acceptors (Lipinski definition) is 6. The Labute approximate surface area is 165 Å². The van der Waals surface area contributed by atoms with E-state index in [0.29, 0.717) is 12.8 Å². The van der Waals surface area contributed by atoms with Gasteiger partial charge in [-0.2, -0.15) is 0 Å². The van der Waals surface area contributed by atoms with Gasteiger partial charge in [0.05, 0.1) is 5.69 Å². The Balaban J connectivity index is 1.49. The summed E-state index contributed by atoms with van der Waals surface area (Å²) in [5.41, 5.74) is 4.16. The maximum atomic E-state index is 12.6. The van der Waals surface area contributed by atoms with Crippen LogP contribution < -0.4 is 0 Å². The summed E-state index contributed by atoms with van der Waals surface area (Å²) in [4.78, 5) is 30.4. The zero-order chi connectivity index (χ0) is 19.2. The van der Waals surface area contributed by atoms with Crippen LogP contribution in [0.5, 0.6) is 0 Å². The Bertz CT molecular complexity index is 752. The number of pyridine rings is 1. The van der Waals surface area contributed by atoms with E-state index in [1.165, 1.54) is 0 Å².